The maximum absolute atomic E-state index is 6.07. The normalized spacial score (nSPS) is 18.3. The summed E-state index contributed by atoms with van der Waals surface area (Å²) in [4.78, 5) is 0. The Bertz CT molecular complexity index is 334. The van der Waals surface area contributed by atoms with Crippen LogP contribution in [0.3, 0.4) is 0 Å². The number of fused-ring (bicyclic) bond motifs is 1. The summed E-state index contributed by atoms with van der Waals surface area (Å²) in [5, 5.41) is 0.752. The van der Waals surface area contributed by atoms with Crippen LogP contribution in [0.25, 0.3) is 0 Å². The van der Waals surface area contributed by atoms with E-state index in [1.165, 1.54) is 11.1 Å². The SMILES string of the molecule is CC.Cc1cc(Cl)c2c(c1)CC(C)CO2. The van der Waals surface area contributed by atoms with Gasteiger partial charge in [-0.2, -0.15) is 0 Å². The van der Waals surface area contributed by atoms with Crippen molar-refractivity contribution < 1.29 is 4.74 Å². The molecule has 1 aliphatic rings. The van der Waals surface area contributed by atoms with Gasteiger partial charge < -0.3 is 4.74 Å². The van der Waals surface area contributed by atoms with E-state index in [-0.39, 0.29) is 0 Å². The Morgan fingerprint density at radius 2 is 2.00 bits per heavy atom. The van der Waals surface area contributed by atoms with E-state index in [1.807, 2.05) is 19.9 Å². The number of benzene rings is 1. The predicted molar refractivity (Wildman–Crippen MR) is 65.9 cm³/mol. The average Bonchev–Trinajstić information content (AvgIpc) is 2.19. The fraction of sp³-hybridized carbons (Fsp3) is 0.538. The third-order valence-corrected chi connectivity index (χ3v) is 2.63. The molecule has 1 unspecified atom stereocenters. The zero-order valence-electron chi connectivity index (χ0n) is 9.93. The van der Waals surface area contributed by atoms with Crippen molar-refractivity contribution in [1.82, 2.24) is 0 Å². The topological polar surface area (TPSA) is 9.23 Å². The molecule has 0 aromatic heterocycles. The van der Waals surface area contributed by atoms with E-state index in [9.17, 15) is 0 Å². The van der Waals surface area contributed by atoms with Gasteiger partial charge in [0.25, 0.3) is 0 Å². The summed E-state index contributed by atoms with van der Waals surface area (Å²) >= 11 is 6.07. The lowest BCUT2D eigenvalue weighted by molar-refractivity contribution is 0.234. The average molecular weight is 227 g/mol. The van der Waals surface area contributed by atoms with E-state index in [0.717, 1.165) is 23.8 Å². The third-order valence-electron chi connectivity index (χ3n) is 2.35. The van der Waals surface area contributed by atoms with Crippen molar-refractivity contribution in [3.05, 3.63) is 28.3 Å². The number of ether oxygens (including phenoxy) is 1. The molecule has 0 saturated carbocycles. The van der Waals surface area contributed by atoms with Crippen LogP contribution in [0.4, 0.5) is 0 Å². The van der Waals surface area contributed by atoms with Crippen LogP contribution in [0.1, 0.15) is 31.9 Å². The summed E-state index contributed by atoms with van der Waals surface area (Å²) in [5.41, 5.74) is 2.46. The van der Waals surface area contributed by atoms with Gasteiger partial charge in [0.2, 0.25) is 0 Å². The van der Waals surface area contributed by atoms with Crippen LogP contribution in [-0.2, 0) is 6.42 Å². The number of halogens is 1. The molecular weight excluding hydrogens is 208 g/mol. The first-order valence-electron chi connectivity index (χ1n) is 5.58. The molecule has 0 radical (unpaired) electrons. The maximum Gasteiger partial charge on any atom is 0.141 e. The minimum atomic E-state index is 0.602. The molecule has 1 heterocycles. The second-order valence-electron chi connectivity index (χ2n) is 3.86. The van der Waals surface area contributed by atoms with E-state index in [4.69, 9.17) is 16.3 Å². The van der Waals surface area contributed by atoms with E-state index in [2.05, 4.69) is 19.9 Å². The summed E-state index contributed by atoms with van der Waals surface area (Å²) in [6.45, 7) is 9.04. The van der Waals surface area contributed by atoms with Gasteiger partial charge in [-0.15, -0.1) is 0 Å². The van der Waals surface area contributed by atoms with E-state index >= 15 is 0 Å². The smallest absolute Gasteiger partial charge is 0.141 e. The summed E-state index contributed by atoms with van der Waals surface area (Å²) in [5.74, 6) is 1.50. The van der Waals surface area contributed by atoms with Gasteiger partial charge in [-0.3, -0.25) is 0 Å². The van der Waals surface area contributed by atoms with Crippen molar-refractivity contribution in [3.8, 4) is 5.75 Å². The van der Waals surface area contributed by atoms with Crippen LogP contribution >= 0.6 is 11.6 Å². The molecule has 0 aliphatic carbocycles. The Kier molecular flexibility index (Phi) is 4.46. The quantitative estimate of drug-likeness (QED) is 0.643. The molecule has 15 heavy (non-hydrogen) atoms. The first-order valence-corrected chi connectivity index (χ1v) is 5.96. The standard InChI is InChI=1S/C11H13ClO.C2H6/c1-7-3-9-4-8(2)6-13-11(9)10(12)5-7;1-2/h3,5,8H,4,6H2,1-2H3;1-2H3. The molecule has 0 fully saturated rings. The number of aryl methyl sites for hydroxylation is 1. The minimum Gasteiger partial charge on any atom is -0.491 e. The van der Waals surface area contributed by atoms with Crippen LogP contribution in [0.15, 0.2) is 12.1 Å². The van der Waals surface area contributed by atoms with Crippen LogP contribution in [0.5, 0.6) is 5.75 Å². The molecule has 1 aromatic rings. The largest absolute Gasteiger partial charge is 0.491 e. The highest BCUT2D eigenvalue weighted by atomic mass is 35.5. The van der Waals surface area contributed by atoms with Crippen molar-refractivity contribution in [1.29, 1.82) is 0 Å². The molecule has 2 heteroatoms. The van der Waals surface area contributed by atoms with Crippen molar-refractivity contribution in [2.24, 2.45) is 5.92 Å². The van der Waals surface area contributed by atoms with E-state index in [0.29, 0.717) is 5.92 Å². The van der Waals surface area contributed by atoms with Crippen LogP contribution < -0.4 is 4.74 Å². The minimum absolute atomic E-state index is 0.602. The molecule has 0 N–H and O–H groups in total. The monoisotopic (exact) mass is 226 g/mol. The Morgan fingerprint density at radius 3 is 2.67 bits per heavy atom. The van der Waals surface area contributed by atoms with Crippen molar-refractivity contribution in [2.75, 3.05) is 6.61 Å². The number of hydrogen-bond donors (Lipinski definition) is 0. The van der Waals surface area contributed by atoms with Crippen molar-refractivity contribution in [2.45, 2.75) is 34.1 Å². The molecule has 1 nitrogen and oxygen atoms in total. The van der Waals surface area contributed by atoms with E-state index in [1.54, 1.807) is 0 Å². The highest BCUT2D eigenvalue weighted by molar-refractivity contribution is 6.32. The summed E-state index contributed by atoms with van der Waals surface area (Å²) in [6, 6.07) is 4.12. The van der Waals surface area contributed by atoms with Gasteiger partial charge in [-0.1, -0.05) is 38.4 Å². The van der Waals surface area contributed by atoms with Crippen LogP contribution in [-0.4, -0.2) is 6.61 Å². The predicted octanol–water partition coefficient (Wildman–Crippen LogP) is 4.25. The fourth-order valence-electron chi connectivity index (χ4n) is 1.77. The number of hydrogen-bond acceptors (Lipinski definition) is 1. The highest BCUT2D eigenvalue weighted by Gasteiger charge is 2.18. The van der Waals surface area contributed by atoms with Gasteiger partial charge in [0.15, 0.2) is 0 Å². The van der Waals surface area contributed by atoms with Crippen molar-refractivity contribution in [3.63, 3.8) is 0 Å². The Morgan fingerprint density at radius 1 is 1.33 bits per heavy atom. The molecule has 1 aromatic carbocycles. The van der Waals surface area contributed by atoms with Crippen LogP contribution in [0, 0.1) is 12.8 Å². The second-order valence-corrected chi connectivity index (χ2v) is 4.26. The molecule has 0 amide bonds. The number of rotatable bonds is 0. The summed E-state index contributed by atoms with van der Waals surface area (Å²) in [7, 11) is 0. The molecule has 1 atom stereocenters. The van der Waals surface area contributed by atoms with Gasteiger partial charge in [0.1, 0.15) is 5.75 Å². The van der Waals surface area contributed by atoms with Crippen LogP contribution in [0.2, 0.25) is 5.02 Å². The molecule has 0 bridgehead atoms. The van der Waals surface area contributed by atoms with Gasteiger partial charge >= 0.3 is 0 Å². The molecule has 0 saturated heterocycles. The fourth-order valence-corrected chi connectivity index (χ4v) is 2.12. The lowest BCUT2D eigenvalue weighted by atomic mass is 9.97. The second kappa shape index (κ2) is 5.41. The summed E-state index contributed by atoms with van der Waals surface area (Å²) < 4.78 is 5.59. The lowest BCUT2D eigenvalue weighted by Gasteiger charge is -2.23. The summed E-state index contributed by atoms with van der Waals surface area (Å²) in [6.07, 6.45) is 1.08. The molecule has 2 rings (SSSR count). The van der Waals surface area contributed by atoms with Gasteiger partial charge in [0.05, 0.1) is 11.6 Å². The highest BCUT2D eigenvalue weighted by Crippen LogP contribution is 2.35. The van der Waals surface area contributed by atoms with E-state index < -0.39 is 0 Å². The molecular formula is C13H19ClO. The maximum atomic E-state index is 6.07. The zero-order valence-corrected chi connectivity index (χ0v) is 10.7. The molecule has 84 valence electrons. The first-order chi connectivity index (χ1) is 7.16. The van der Waals surface area contributed by atoms with Gasteiger partial charge in [0, 0.05) is 0 Å². The van der Waals surface area contributed by atoms with Crippen molar-refractivity contribution >= 4 is 11.6 Å². The first kappa shape index (κ1) is 12.4. The molecule has 1 aliphatic heterocycles. The Hall–Kier alpha value is -0.690. The Balaban J connectivity index is 0.000000531. The lowest BCUT2D eigenvalue weighted by Crippen LogP contribution is -2.18. The van der Waals surface area contributed by atoms with Gasteiger partial charge in [-0.05, 0) is 36.5 Å². The third kappa shape index (κ3) is 2.88. The Labute approximate surface area is 97.4 Å². The van der Waals surface area contributed by atoms with Gasteiger partial charge in [-0.25, -0.2) is 0 Å². The zero-order chi connectivity index (χ0) is 11.4. The molecule has 0 spiro atoms.